The van der Waals surface area contributed by atoms with Crippen molar-refractivity contribution >= 4 is 17.5 Å². The minimum Gasteiger partial charge on any atom is -0.387 e. The van der Waals surface area contributed by atoms with Gasteiger partial charge in [-0.15, -0.1) is 0 Å². The molecule has 1 atom stereocenters. The van der Waals surface area contributed by atoms with Gasteiger partial charge in [0.2, 0.25) is 5.91 Å². The summed E-state index contributed by atoms with van der Waals surface area (Å²) >= 11 is 6.04. The number of nitrogens with one attached hydrogen (secondary N) is 1. The Kier molecular flexibility index (Phi) is 6.20. The Morgan fingerprint density at radius 2 is 2.09 bits per heavy atom. The van der Waals surface area contributed by atoms with Gasteiger partial charge in [-0.3, -0.25) is 9.69 Å². The van der Waals surface area contributed by atoms with Crippen LogP contribution in [0.1, 0.15) is 12.5 Å². The molecule has 6 heteroatoms. The van der Waals surface area contributed by atoms with Crippen LogP contribution in [-0.2, 0) is 16.0 Å². The minimum atomic E-state index is -0.965. The lowest BCUT2D eigenvalue weighted by atomic mass is 10.1. The number of carbonyl (C=O) groups excluding carboxylic acids is 1. The van der Waals surface area contributed by atoms with Crippen LogP contribution < -0.4 is 5.32 Å². The minimum absolute atomic E-state index is 0.143. The van der Waals surface area contributed by atoms with Crippen molar-refractivity contribution in [3.63, 3.8) is 0 Å². The van der Waals surface area contributed by atoms with E-state index < -0.39 is 5.60 Å². The van der Waals surface area contributed by atoms with Crippen molar-refractivity contribution in [2.75, 3.05) is 39.4 Å². The molecule has 1 saturated heterocycles. The molecule has 1 amide bonds. The van der Waals surface area contributed by atoms with Gasteiger partial charge in [0, 0.05) is 31.2 Å². The Morgan fingerprint density at radius 1 is 1.41 bits per heavy atom. The number of β-amino-alcohol motifs (C(OH)–C–C–N with tert-alkyl or cyclic N) is 1. The van der Waals surface area contributed by atoms with E-state index in [4.69, 9.17) is 16.3 Å². The summed E-state index contributed by atoms with van der Waals surface area (Å²) in [5.74, 6) is -0.143. The van der Waals surface area contributed by atoms with Gasteiger partial charge in [-0.05, 0) is 18.6 Å². The Bertz CT molecular complexity index is 502. The third-order valence-corrected chi connectivity index (χ3v) is 4.01. The summed E-state index contributed by atoms with van der Waals surface area (Å²) in [5.41, 5.74) is -0.178. The molecule has 0 saturated carbocycles. The number of nitrogens with zero attached hydrogens (tertiary/aromatic N) is 1. The lowest BCUT2D eigenvalue weighted by Crippen LogP contribution is -2.51. The first-order valence-electron chi connectivity index (χ1n) is 7.49. The smallest absolute Gasteiger partial charge is 0.224 e. The number of rotatable bonds is 6. The van der Waals surface area contributed by atoms with Gasteiger partial charge >= 0.3 is 0 Å². The summed E-state index contributed by atoms with van der Waals surface area (Å²) in [6, 6.07) is 7.27. The maximum Gasteiger partial charge on any atom is 0.224 e. The van der Waals surface area contributed by atoms with Crippen LogP contribution in [0.4, 0.5) is 0 Å². The van der Waals surface area contributed by atoms with E-state index in [0.717, 1.165) is 18.7 Å². The number of benzene rings is 1. The molecule has 0 bridgehead atoms. The van der Waals surface area contributed by atoms with Gasteiger partial charge in [-0.25, -0.2) is 0 Å². The first-order valence-corrected chi connectivity index (χ1v) is 7.87. The fourth-order valence-electron chi connectivity index (χ4n) is 2.46. The Labute approximate surface area is 136 Å². The van der Waals surface area contributed by atoms with Gasteiger partial charge < -0.3 is 15.2 Å². The topological polar surface area (TPSA) is 61.8 Å². The molecule has 2 rings (SSSR count). The molecule has 122 valence electrons. The van der Waals surface area contributed by atoms with Crippen molar-refractivity contribution in [1.29, 1.82) is 0 Å². The average Bonchev–Trinajstić information content (AvgIpc) is 2.48. The highest BCUT2D eigenvalue weighted by Crippen LogP contribution is 2.15. The van der Waals surface area contributed by atoms with Gasteiger partial charge in [-0.1, -0.05) is 29.8 Å². The quantitative estimate of drug-likeness (QED) is 0.821. The lowest BCUT2D eigenvalue weighted by molar-refractivity contribution is -0.121. The van der Waals surface area contributed by atoms with Crippen LogP contribution in [0.5, 0.6) is 0 Å². The van der Waals surface area contributed by atoms with Crippen molar-refractivity contribution in [1.82, 2.24) is 10.2 Å². The summed E-state index contributed by atoms with van der Waals surface area (Å²) in [6.45, 7) is 5.46. The van der Waals surface area contributed by atoms with Crippen LogP contribution in [0.25, 0.3) is 0 Å². The highest BCUT2D eigenvalue weighted by atomic mass is 35.5. The Morgan fingerprint density at radius 3 is 2.77 bits per heavy atom. The molecule has 1 unspecified atom stereocenters. The second-order valence-electron chi connectivity index (χ2n) is 5.93. The first kappa shape index (κ1) is 17.2. The standard InChI is InChI=1S/C16H23ClN2O3/c1-16(21,12-19-6-8-22-9-7-19)11-18-15(20)10-13-4-2-3-5-14(13)17/h2-5,21H,6-12H2,1H3,(H,18,20). The molecular formula is C16H23ClN2O3. The van der Waals surface area contributed by atoms with Crippen LogP contribution in [0, 0.1) is 0 Å². The zero-order valence-electron chi connectivity index (χ0n) is 12.8. The summed E-state index contributed by atoms with van der Waals surface area (Å²) in [5, 5.41) is 13.8. The number of morpholine rings is 1. The van der Waals surface area contributed by atoms with E-state index >= 15 is 0 Å². The maximum absolute atomic E-state index is 12.0. The van der Waals surface area contributed by atoms with Crippen LogP contribution in [-0.4, -0.2) is 60.9 Å². The van der Waals surface area contributed by atoms with E-state index in [-0.39, 0.29) is 18.9 Å². The summed E-state index contributed by atoms with van der Waals surface area (Å²) in [7, 11) is 0. The molecule has 2 N–H and O–H groups in total. The highest BCUT2D eigenvalue weighted by molar-refractivity contribution is 6.31. The van der Waals surface area contributed by atoms with Crippen LogP contribution in [0.15, 0.2) is 24.3 Å². The number of aliphatic hydroxyl groups is 1. The molecule has 1 fully saturated rings. The number of hydrogen-bond donors (Lipinski definition) is 2. The zero-order valence-corrected chi connectivity index (χ0v) is 13.6. The molecule has 5 nitrogen and oxygen atoms in total. The molecule has 0 aromatic heterocycles. The summed E-state index contributed by atoms with van der Waals surface area (Å²) in [4.78, 5) is 14.1. The number of ether oxygens (including phenoxy) is 1. The molecule has 1 heterocycles. The van der Waals surface area contributed by atoms with Crippen LogP contribution in [0.3, 0.4) is 0 Å². The predicted octanol–water partition coefficient (Wildman–Crippen LogP) is 1.08. The first-order chi connectivity index (χ1) is 10.5. The second kappa shape index (κ2) is 7.92. The molecule has 0 aliphatic carbocycles. The number of hydrogen-bond acceptors (Lipinski definition) is 4. The lowest BCUT2D eigenvalue weighted by Gasteiger charge is -2.33. The maximum atomic E-state index is 12.0. The molecular weight excluding hydrogens is 304 g/mol. The van der Waals surface area contributed by atoms with E-state index in [1.54, 1.807) is 13.0 Å². The highest BCUT2D eigenvalue weighted by Gasteiger charge is 2.25. The largest absolute Gasteiger partial charge is 0.387 e. The molecule has 0 radical (unpaired) electrons. The van der Waals surface area contributed by atoms with E-state index in [0.29, 0.717) is 24.8 Å². The normalized spacial score (nSPS) is 18.7. The van der Waals surface area contributed by atoms with Gasteiger partial charge in [0.1, 0.15) is 0 Å². The van der Waals surface area contributed by atoms with Gasteiger partial charge in [0.15, 0.2) is 0 Å². The molecule has 1 aliphatic heterocycles. The Hall–Kier alpha value is -1.14. The average molecular weight is 327 g/mol. The fourth-order valence-corrected chi connectivity index (χ4v) is 2.67. The molecule has 22 heavy (non-hydrogen) atoms. The number of amides is 1. The van der Waals surface area contributed by atoms with Crippen molar-refractivity contribution < 1.29 is 14.6 Å². The van der Waals surface area contributed by atoms with Crippen LogP contribution in [0.2, 0.25) is 5.02 Å². The monoisotopic (exact) mass is 326 g/mol. The third kappa shape index (κ3) is 5.57. The summed E-state index contributed by atoms with van der Waals surface area (Å²) < 4.78 is 5.28. The van der Waals surface area contributed by atoms with E-state index in [9.17, 15) is 9.90 Å². The molecule has 1 aliphatic rings. The third-order valence-electron chi connectivity index (χ3n) is 3.64. The number of carbonyl (C=O) groups is 1. The molecule has 0 spiro atoms. The Balaban J connectivity index is 1.78. The van der Waals surface area contributed by atoms with Crippen molar-refractivity contribution in [2.45, 2.75) is 18.9 Å². The van der Waals surface area contributed by atoms with Crippen molar-refractivity contribution in [3.05, 3.63) is 34.9 Å². The van der Waals surface area contributed by atoms with Crippen molar-refractivity contribution in [2.24, 2.45) is 0 Å². The zero-order chi connectivity index (χ0) is 16.0. The fraction of sp³-hybridized carbons (Fsp3) is 0.562. The van der Waals surface area contributed by atoms with Gasteiger partial charge in [-0.2, -0.15) is 0 Å². The predicted molar refractivity (Wildman–Crippen MR) is 86.0 cm³/mol. The van der Waals surface area contributed by atoms with E-state index in [2.05, 4.69) is 10.2 Å². The summed E-state index contributed by atoms with van der Waals surface area (Å²) in [6.07, 6.45) is 0.216. The van der Waals surface area contributed by atoms with Gasteiger partial charge in [0.25, 0.3) is 0 Å². The van der Waals surface area contributed by atoms with Crippen molar-refractivity contribution in [3.8, 4) is 0 Å². The van der Waals surface area contributed by atoms with E-state index in [1.165, 1.54) is 0 Å². The number of halogens is 1. The van der Waals surface area contributed by atoms with Crippen LogP contribution >= 0.6 is 11.6 Å². The van der Waals surface area contributed by atoms with E-state index in [1.807, 2.05) is 18.2 Å². The van der Waals surface area contributed by atoms with Gasteiger partial charge in [0.05, 0.1) is 25.2 Å². The SMILES string of the molecule is CC(O)(CNC(=O)Cc1ccccc1Cl)CN1CCOCC1. The molecule has 1 aromatic carbocycles. The second-order valence-corrected chi connectivity index (χ2v) is 6.34. The molecule has 1 aromatic rings.